The van der Waals surface area contributed by atoms with Crippen molar-refractivity contribution in [1.82, 2.24) is 5.32 Å². The molecule has 0 aliphatic rings. The van der Waals surface area contributed by atoms with Crippen molar-refractivity contribution in [2.45, 2.75) is 46.3 Å². The molecule has 1 unspecified atom stereocenters. The molecule has 0 heterocycles. The van der Waals surface area contributed by atoms with Crippen molar-refractivity contribution in [1.29, 1.82) is 0 Å². The zero-order chi connectivity index (χ0) is 14.8. The third kappa shape index (κ3) is 3.31. The third-order valence-electron chi connectivity index (χ3n) is 3.84. The number of aliphatic hydroxyl groups is 1. The normalized spacial score (nSPS) is 15.2. The Balaban J connectivity index is 3.09. The maximum Gasteiger partial charge on any atom is 0.0973 e. The average Bonchev–Trinajstić information content (AvgIpc) is 2.28. The lowest BCUT2D eigenvalue weighted by molar-refractivity contribution is -0.0403. The van der Waals surface area contributed by atoms with Crippen molar-refractivity contribution in [2.24, 2.45) is 5.41 Å². The molecule has 0 aromatic heterocycles. The predicted molar refractivity (Wildman–Crippen MR) is 82.2 cm³/mol. The van der Waals surface area contributed by atoms with Crippen molar-refractivity contribution in [3.8, 4) is 0 Å². The summed E-state index contributed by atoms with van der Waals surface area (Å²) >= 11 is 5.90. The minimum Gasteiger partial charge on any atom is -0.386 e. The Labute approximate surface area is 121 Å². The van der Waals surface area contributed by atoms with Gasteiger partial charge in [-0.15, -0.1) is 0 Å². The first kappa shape index (κ1) is 16.1. The van der Waals surface area contributed by atoms with E-state index in [-0.39, 0.29) is 6.04 Å². The molecule has 2 N–H and O–H groups in total. The van der Waals surface area contributed by atoms with E-state index < -0.39 is 11.0 Å². The van der Waals surface area contributed by atoms with E-state index in [0.29, 0.717) is 5.02 Å². The van der Waals surface area contributed by atoms with Crippen LogP contribution < -0.4 is 5.32 Å². The zero-order valence-electron chi connectivity index (χ0n) is 12.4. The summed E-state index contributed by atoms with van der Waals surface area (Å²) in [6, 6.07) is 7.58. The van der Waals surface area contributed by atoms with Gasteiger partial charge in [0.2, 0.25) is 0 Å². The molecule has 0 spiro atoms. The van der Waals surface area contributed by atoms with Crippen LogP contribution in [0.15, 0.2) is 36.5 Å². The van der Waals surface area contributed by atoms with Crippen LogP contribution in [0.4, 0.5) is 0 Å². The second kappa shape index (κ2) is 5.56. The van der Waals surface area contributed by atoms with Gasteiger partial charge in [-0.05, 0) is 38.5 Å². The lowest BCUT2D eigenvalue weighted by Gasteiger charge is -2.42. The van der Waals surface area contributed by atoms with Crippen LogP contribution in [0.2, 0.25) is 5.02 Å². The minimum atomic E-state index is -1.03. The number of hydrogen-bond donors (Lipinski definition) is 2. The molecular weight excluding hydrogens is 258 g/mol. The second-order valence-corrected chi connectivity index (χ2v) is 6.42. The maximum atomic E-state index is 10.9. The maximum absolute atomic E-state index is 10.9. The van der Waals surface area contributed by atoms with Crippen molar-refractivity contribution in [2.75, 3.05) is 0 Å². The third-order valence-corrected chi connectivity index (χ3v) is 4.09. The van der Waals surface area contributed by atoms with Gasteiger partial charge in [-0.25, -0.2) is 0 Å². The molecule has 0 radical (unpaired) electrons. The summed E-state index contributed by atoms with van der Waals surface area (Å²) in [5.74, 6) is 0. The van der Waals surface area contributed by atoms with Crippen LogP contribution in [0.3, 0.4) is 0 Å². The highest BCUT2D eigenvalue weighted by Gasteiger charge is 2.43. The Bertz CT molecular complexity index is 446. The number of rotatable bonds is 5. The van der Waals surface area contributed by atoms with Gasteiger partial charge < -0.3 is 10.4 Å². The number of hydrogen-bond acceptors (Lipinski definition) is 2. The molecule has 106 valence electrons. The lowest BCUT2D eigenvalue weighted by atomic mass is 9.70. The van der Waals surface area contributed by atoms with Gasteiger partial charge in [0, 0.05) is 22.2 Å². The highest BCUT2D eigenvalue weighted by Crippen LogP contribution is 2.43. The molecule has 0 bridgehead atoms. The molecule has 0 aliphatic carbocycles. The van der Waals surface area contributed by atoms with Gasteiger partial charge in [-0.1, -0.05) is 44.2 Å². The van der Waals surface area contributed by atoms with Gasteiger partial charge in [0.05, 0.1) is 5.60 Å². The van der Waals surface area contributed by atoms with E-state index >= 15 is 0 Å². The van der Waals surface area contributed by atoms with Crippen LogP contribution in [0.1, 0.15) is 40.2 Å². The molecule has 2 nitrogen and oxygen atoms in total. The van der Waals surface area contributed by atoms with Crippen molar-refractivity contribution in [3.63, 3.8) is 0 Å². The molecule has 3 heteroatoms. The van der Waals surface area contributed by atoms with E-state index in [4.69, 9.17) is 11.6 Å². The summed E-state index contributed by atoms with van der Waals surface area (Å²) in [7, 11) is 0. The fourth-order valence-corrected chi connectivity index (χ4v) is 2.08. The molecule has 0 aliphatic heterocycles. The fourth-order valence-electron chi connectivity index (χ4n) is 1.96. The summed E-state index contributed by atoms with van der Waals surface area (Å²) in [5, 5.41) is 14.9. The summed E-state index contributed by atoms with van der Waals surface area (Å²) in [4.78, 5) is 0. The largest absolute Gasteiger partial charge is 0.386 e. The molecule has 1 rings (SSSR count). The van der Waals surface area contributed by atoms with Gasteiger partial charge in [0.15, 0.2) is 0 Å². The highest BCUT2D eigenvalue weighted by molar-refractivity contribution is 6.30. The summed E-state index contributed by atoms with van der Waals surface area (Å²) in [6.07, 6.45) is 0. The first-order valence-corrected chi connectivity index (χ1v) is 6.91. The van der Waals surface area contributed by atoms with E-state index in [1.807, 2.05) is 32.9 Å². The van der Waals surface area contributed by atoms with Crippen molar-refractivity contribution in [3.05, 3.63) is 47.1 Å². The summed E-state index contributed by atoms with van der Waals surface area (Å²) < 4.78 is 0. The lowest BCUT2D eigenvalue weighted by Crippen LogP contribution is -2.45. The molecule has 1 atom stereocenters. The minimum absolute atomic E-state index is 0.285. The summed E-state index contributed by atoms with van der Waals surface area (Å²) in [6.45, 7) is 14.0. The van der Waals surface area contributed by atoms with Gasteiger partial charge in [0.25, 0.3) is 0 Å². The van der Waals surface area contributed by atoms with Crippen molar-refractivity contribution < 1.29 is 5.11 Å². The Morgan fingerprint density at radius 3 is 2.11 bits per heavy atom. The fraction of sp³-hybridized carbons (Fsp3) is 0.500. The average molecular weight is 282 g/mol. The monoisotopic (exact) mass is 281 g/mol. The standard InChI is InChI=1S/C16H24ClNO/c1-11(2)18-12(3)15(4,5)16(6,19)13-7-9-14(17)10-8-13/h7-11,18-19H,3H2,1-2,4-6H3. The van der Waals surface area contributed by atoms with Crippen LogP contribution in [-0.2, 0) is 5.60 Å². The number of halogens is 1. The predicted octanol–water partition coefficient (Wildman–Crippen LogP) is 4.09. The smallest absolute Gasteiger partial charge is 0.0973 e. The molecule has 1 aromatic rings. The highest BCUT2D eigenvalue weighted by atomic mass is 35.5. The molecule has 0 saturated heterocycles. The van der Waals surface area contributed by atoms with Crippen LogP contribution in [0, 0.1) is 5.41 Å². The van der Waals surface area contributed by atoms with Gasteiger partial charge in [-0.3, -0.25) is 0 Å². The van der Waals surface area contributed by atoms with E-state index in [9.17, 15) is 5.11 Å². The first-order chi connectivity index (χ1) is 8.59. The Kier molecular flexibility index (Phi) is 4.70. The Hall–Kier alpha value is -0.990. The SMILES string of the molecule is C=C(NC(C)C)C(C)(C)C(C)(O)c1ccc(Cl)cc1. The van der Waals surface area contributed by atoms with Gasteiger partial charge in [-0.2, -0.15) is 0 Å². The second-order valence-electron chi connectivity index (χ2n) is 5.98. The number of benzene rings is 1. The van der Waals surface area contributed by atoms with Crippen molar-refractivity contribution >= 4 is 11.6 Å². The molecule has 1 aromatic carbocycles. The van der Waals surface area contributed by atoms with Crippen LogP contribution in [0.5, 0.6) is 0 Å². The van der Waals surface area contributed by atoms with Crippen LogP contribution in [-0.4, -0.2) is 11.1 Å². The Morgan fingerprint density at radius 2 is 1.68 bits per heavy atom. The molecular formula is C16H24ClNO. The van der Waals surface area contributed by atoms with Crippen LogP contribution in [0.25, 0.3) is 0 Å². The number of nitrogens with one attached hydrogen (secondary N) is 1. The van der Waals surface area contributed by atoms with Gasteiger partial charge in [0.1, 0.15) is 0 Å². The summed E-state index contributed by atoms with van der Waals surface area (Å²) in [5.41, 5.74) is 0.109. The molecule has 0 amide bonds. The topological polar surface area (TPSA) is 32.3 Å². The molecule has 0 fully saturated rings. The van der Waals surface area contributed by atoms with E-state index in [1.54, 1.807) is 12.1 Å². The zero-order valence-corrected chi connectivity index (χ0v) is 13.2. The molecule has 0 saturated carbocycles. The quantitative estimate of drug-likeness (QED) is 0.852. The van der Waals surface area contributed by atoms with E-state index in [1.165, 1.54) is 0 Å². The molecule has 19 heavy (non-hydrogen) atoms. The van der Waals surface area contributed by atoms with E-state index in [0.717, 1.165) is 11.3 Å². The van der Waals surface area contributed by atoms with Crippen LogP contribution >= 0.6 is 11.6 Å². The Morgan fingerprint density at radius 1 is 1.21 bits per heavy atom. The van der Waals surface area contributed by atoms with Gasteiger partial charge >= 0.3 is 0 Å². The first-order valence-electron chi connectivity index (χ1n) is 6.53. The van der Waals surface area contributed by atoms with E-state index in [2.05, 4.69) is 25.7 Å².